The van der Waals surface area contributed by atoms with Gasteiger partial charge in [0.25, 0.3) is 0 Å². The number of rotatable bonds is 77. The fourth-order valence-electron chi connectivity index (χ4n) is 11.8. The summed E-state index contributed by atoms with van der Waals surface area (Å²) in [6.07, 6.45) is 61.2. The average molecular weight is 1400 g/mol. The minimum absolute atomic E-state index is 0.107. The Morgan fingerprint density at radius 2 is 0.421 bits per heavy atom. The van der Waals surface area contributed by atoms with Gasteiger partial charge in [0.1, 0.15) is 19.3 Å². The van der Waals surface area contributed by atoms with Gasteiger partial charge >= 0.3 is 39.5 Å². The van der Waals surface area contributed by atoms with E-state index in [9.17, 15) is 43.2 Å². The molecule has 0 rings (SSSR count). The third-order valence-corrected chi connectivity index (χ3v) is 19.8. The Morgan fingerprint density at radius 3 is 0.621 bits per heavy atom. The lowest BCUT2D eigenvalue weighted by Crippen LogP contribution is -2.30. The first-order valence-electron chi connectivity index (χ1n) is 39.8. The summed E-state index contributed by atoms with van der Waals surface area (Å²) in [6.45, 7) is 4.95. The standard InChI is InChI=1S/C76H148O17P2/c1-5-9-13-17-21-25-28-30-32-33-34-35-36-37-38-40-42-44-47-51-55-59-63-76(81)93-72(67-87-74(79)61-57-53-49-46-43-41-39-31-29-26-22-18-14-10-6-2)69-91-95(84,85)89-65-70(77)64-88-94(82,83)90-68-71(66-86-73(78)60-56-52-48-24-20-16-12-8-4)92-75(80)62-58-54-50-45-27-23-19-15-11-7-3/h70-72,77H,5-69H2,1-4H3,(H,82,83)(H,84,85)/t70-,71+,72+/m0/s1. The van der Waals surface area contributed by atoms with Crippen LogP contribution in [0.1, 0.15) is 407 Å². The van der Waals surface area contributed by atoms with Crippen LogP contribution >= 0.6 is 15.6 Å². The van der Waals surface area contributed by atoms with E-state index in [4.69, 9.17) is 37.0 Å². The zero-order chi connectivity index (χ0) is 69.7. The predicted molar refractivity (Wildman–Crippen MR) is 386 cm³/mol. The molecule has 19 heteroatoms. The van der Waals surface area contributed by atoms with E-state index in [0.29, 0.717) is 25.7 Å². The van der Waals surface area contributed by atoms with Gasteiger partial charge in [-0.15, -0.1) is 0 Å². The van der Waals surface area contributed by atoms with Gasteiger partial charge in [0.05, 0.1) is 26.4 Å². The molecule has 0 aromatic carbocycles. The molecular weight excluding hydrogens is 1250 g/mol. The number of unbranched alkanes of at least 4 members (excludes halogenated alkanes) is 51. The second-order valence-electron chi connectivity index (χ2n) is 27.4. The molecule has 0 aliphatic carbocycles. The Hall–Kier alpha value is -1.94. The lowest BCUT2D eigenvalue weighted by molar-refractivity contribution is -0.161. The summed E-state index contributed by atoms with van der Waals surface area (Å²) in [4.78, 5) is 72.6. The molecule has 0 aliphatic rings. The average Bonchev–Trinajstić information content (AvgIpc) is 3.21. The van der Waals surface area contributed by atoms with Crippen LogP contribution in [0.15, 0.2) is 0 Å². The van der Waals surface area contributed by atoms with Crippen molar-refractivity contribution in [2.45, 2.75) is 425 Å². The van der Waals surface area contributed by atoms with E-state index in [1.807, 2.05) is 0 Å². The summed E-state index contributed by atoms with van der Waals surface area (Å²) in [5.41, 5.74) is 0. The lowest BCUT2D eigenvalue weighted by atomic mass is 10.0. The Morgan fingerprint density at radius 1 is 0.253 bits per heavy atom. The number of carbonyl (C=O) groups excluding carboxylic acids is 4. The van der Waals surface area contributed by atoms with Gasteiger partial charge in [-0.1, -0.05) is 355 Å². The number of aliphatic hydroxyl groups is 1. The Bertz CT molecular complexity index is 1810. The van der Waals surface area contributed by atoms with Gasteiger partial charge in [-0.3, -0.25) is 37.3 Å². The molecule has 564 valence electrons. The largest absolute Gasteiger partial charge is 0.472 e. The molecule has 0 saturated carbocycles. The fraction of sp³-hybridized carbons (Fsp3) is 0.947. The van der Waals surface area contributed by atoms with Crippen LogP contribution in [0.5, 0.6) is 0 Å². The van der Waals surface area contributed by atoms with Crippen LogP contribution in [0.4, 0.5) is 0 Å². The summed E-state index contributed by atoms with van der Waals surface area (Å²) >= 11 is 0. The zero-order valence-electron chi connectivity index (χ0n) is 61.6. The monoisotopic (exact) mass is 1400 g/mol. The second kappa shape index (κ2) is 70.5. The SMILES string of the molecule is CCCCCCCCCCCCCCCCCCCCCCCCC(=O)O[C@H](COC(=O)CCCCCCCCCCCCCCCCC)COP(=O)(O)OC[C@@H](O)COP(=O)(O)OC[C@@H](COC(=O)CCCCCCCCCC)OC(=O)CCCCCCCCCCCC. The molecule has 17 nitrogen and oxygen atoms in total. The van der Waals surface area contributed by atoms with Gasteiger partial charge in [0, 0.05) is 25.7 Å². The van der Waals surface area contributed by atoms with Crippen molar-refractivity contribution in [3.8, 4) is 0 Å². The highest BCUT2D eigenvalue weighted by Crippen LogP contribution is 2.45. The molecule has 0 spiro atoms. The van der Waals surface area contributed by atoms with Gasteiger partial charge in [-0.2, -0.15) is 0 Å². The molecule has 0 amide bonds. The van der Waals surface area contributed by atoms with Crippen molar-refractivity contribution >= 4 is 39.5 Å². The molecular formula is C76H148O17P2. The molecule has 5 atom stereocenters. The molecule has 0 fully saturated rings. The van der Waals surface area contributed by atoms with Crippen molar-refractivity contribution in [3.63, 3.8) is 0 Å². The number of carbonyl (C=O) groups is 4. The fourth-order valence-corrected chi connectivity index (χ4v) is 13.3. The number of hydrogen-bond donors (Lipinski definition) is 3. The van der Waals surface area contributed by atoms with Crippen LogP contribution in [0.25, 0.3) is 0 Å². The van der Waals surface area contributed by atoms with Crippen LogP contribution in [0, 0.1) is 0 Å². The van der Waals surface area contributed by atoms with E-state index in [0.717, 1.165) is 96.3 Å². The van der Waals surface area contributed by atoms with Crippen molar-refractivity contribution in [1.82, 2.24) is 0 Å². The molecule has 0 heterocycles. The molecule has 95 heavy (non-hydrogen) atoms. The summed E-state index contributed by atoms with van der Waals surface area (Å²) in [6, 6.07) is 0. The maximum absolute atomic E-state index is 13.1. The van der Waals surface area contributed by atoms with Gasteiger partial charge < -0.3 is 33.8 Å². The minimum atomic E-state index is -4.95. The van der Waals surface area contributed by atoms with Crippen LogP contribution in [-0.4, -0.2) is 96.7 Å². The third-order valence-electron chi connectivity index (χ3n) is 17.9. The molecule has 0 radical (unpaired) electrons. The Balaban J connectivity index is 5.15. The van der Waals surface area contributed by atoms with Crippen molar-refractivity contribution in [1.29, 1.82) is 0 Å². The van der Waals surface area contributed by atoms with Crippen LogP contribution in [0.2, 0.25) is 0 Å². The second-order valence-corrected chi connectivity index (χ2v) is 30.3. The first kappa shape index (κ1) is 93.1. The van der Waals surface area contributed by atoms with E-state index in [2.05, 4.69) is 27.7 Å². The highest BCUT2D eigenvalue weighted by Gasteiger charge is 2.30. The molecule has 2 unspecified atom stereocenters. The van der Waals surface area contributed by atoms with Gasteiger partial charge in [0.15, 0.2) is 12.2 Å². The first-order valence-corrected chi connectivity index (χ1v) is 42.8. The van der Waals surface area contributed by atoms with Crippen molar-refractivity contribution in [2.75, 3.05) is 39.6 Å². The molecule has 0 aliphatic heterocycles. The number of phosphoric acid groups is 2. The quantitative estimate of drug-likeness (QED) is 0.0222. The smallest absolute Gasteiger partial charge is 0.462 e. The van der Waals surface area contributed by atoms with E-state index in [-0.39, 0.29) is 25.7 Å². The Labute approximate surface area is 581 Å². The maximum Gasteiger partial charge on any atom is 0.472 e. The van der Waals surface area contributed by atoms with E-state index < -0.39 is 97.5 Å². The van der Waals surface area contributed by atoms with Crippen molar-refractivity contribution in [3.05, 3.63) is 0 Å². The number of esters is 4. The molecule has 0 saturated heterocycles. The van der Waals surface area contributed by atoms with Crippen molar-refractivity contribution in [2.24, 2.45) is 0 Å². The first-order chi connectivity index (χ1) is 46.2. The van der Waals surface area contributed by atoms with Gasteiger partial charge in [-0.25, -0.2) is 9.13 Å². The zero-order valence-corrected chi connectivity index (χ0v) is 63.4. The van der Waals surface area contributed by atoms with E-state index >= 15 is 0 Å². The van der Waals surface area contributed by atoms with Crippen molar-refractivity contribution < 1.29 is 80.2 Å². The third kappa shape index (κ3) is 70.3. The highest BCUT2D eigenvalue weighted by molar-refractivity contribution is 7.47. The van der Waals surface area contributed by atoms with Crippen LogP contribution < -0.4 is 0 Å². The number of aliphatic hydroxyl groups excluding tert-OH is 1. The summed E-state index contributed by atoms with van der Waals surface area (Å²) in [5.74, 6) is -2.12. The van der Waals surface area contributed by atoms with E-state index in [1.165, 1.54) is 231 Å². The number of phosphoric ester groups is 2. The number of hydrogen-bond acceptors (Lipinski definition) is 15. The molecule has 0 aromatic rings. The minimum Gasteiger partial charge on any atom is -0.462 e. The highest BCUT2D eigenvalue weighted by atomic mass is 31.2. The van der Waals surface area contributed by atoms with Crippen LogP contribution in [-0.2, 0) is 65.4 Å². The summed E-state index contributed by atoms with van der Waals surface area (Å²) in [7, 11) is -9.90. The summed E-state index contributed by atoms with van der Waals surface area (Å²) in [5, 5.41) is 10.6. The summed E-state index contributed by atoms with van der Waals surface area (Å²) < 4.78 is 68.4. The lowest BCUT2D eigenvalue weighted by Gasteiger charge is -2.21. The van der Waals surface area contributed by atoms with E-state index in [1.54, 1.807) is 0 Å². The normalized spacial score (nSPS) is 13.9. The number of ether oxygens (including phenoxy) is 4. The van der Waals surface area contributed by atoms with Gasteiger partial charge in [-0.05, 0) is 25.7 Å². The molecule has 0 aromatic heterocycles. The Kier molecular flexibility index (Phi) is 69.1. The molecule has 3 N–H and O–H groups in total. The molecule has 0 bridgehead atoms. The topological polar surface area (TPSA) is 237 Å². The maximum atomic E-state index is 13.1. The van der Waals surface area contributed by atoms with Gasteiger partial charge in [0.2, 0.25) is 0 Å². The van der Waals surface area contributed by atoms with Crippen LogP contribution in [0.3, 0.4) is 0 Å². The predicted octanol–water partition coefficient (Wildman–Crippen LogP) is 22.6.